The number of likely N-dealkylation sites (tertiary alicyclic amines) is 1. The van der Waals surface area contributed by atoms with Crippen molar-refractivity contribution in [2.45, 2.75) is 12.5 Å². The molecule has 0 saturated carbocycles. The molecule has 0 unspecified atom stereocenters. The molecule has 4 aromatic rings. The normalized spacial score (nSPS) is 16.4. The van der Waals surface area contributed by atoms with Crippen molar-refractivity contribution in [2.24, 2.45) is 0 Å². The van der Waals surface area contributed by atoms with Gasteiger partial charge in [0.2, 0.25) is 0 Å². The second-order valence-corrected chi connectivity index (χ2v) is 7.24. The van der Waals surface area contributed by atoms with Gasteiger partial charge in [0.05, 0.1) is 29.6 Å². The molecule has 1 aliphatic heterocycles. The maximum absolute atomic E-state index is 12.8. The van der Waals surface area contributed by atoms with E-state index >= 15 is 0 Å². The Balaban J connectivity index is 1.53. The molecule has 7 heteroatoms. The molecule has 0 spiro atoms. The number of aromatic amines is 1. The Kier molecular flexibility index (Phi) is 4.29. The van der Waals surface area contributed by atoms with Gasteiger partial charge in [0, 0.05) is 48.2 Å². The van der Waals surface area contributed by atoms with E-state index < -0.39 is 6.10 Å². The van der Waals surface area contributed by atoms with Gasteiger partial charge in [-0.3, -0.25) is 19.9 Å². The molecule has 144 valence electrons. The predicted octanol–water partition coefficient (Wildman–Crippen LogP) is 2.89. The third kappa shape index (κ3) is 3.25. The van der Waals surface area contributed by atoms with E-state index in [1.54, 1.807) is 29.7 Å². The number of amides is 1. The first-order valence-corrected chi connectivity index (χ1v) is 9.50. The van der Waals surface area contributed by atoms with Gasteiger partial charge in [0.1, 0.15) is 0 Å². The molecule has 3 aromatic heterocycles. The molecule has 1 atom stereocenters. The summed E-state index contributed by atoms with van der Waals surface area (Å²) in [6.45, 7) is 0.937. The van der Waals surface area contributed by atoms with Crippen LogP contribution in [0.15, 0.2) is 61.3 Å². The van der Waals surface area contributed by atoms with E-state index in [1.807, 2.05) is 36.5 Å². The third-order valence-electron chi connectivity index (χ3n) is 5.33. The molecule has 0 aliphatic carbocycles. The molecule has 2 N–H and O–H groups in total. The molecular weight excluding hydrogens is 366 g/mol. The Morgan fingerprint density at radius 2 is 1.90 bits per heavy atom. The summed E-state index contributed by atoms with van der Waals surface area (Å²) in [6, 6.07) is 10.0. The van der Waals surface area contributed by atoms with Crippen LogP contribution in [-0.2, 0) is 0 Å². The van der Waals surface area contributed by atoms with Gasteiger partial charge in [-0.25, -0.2) is 0 Å². The van der Waals surface area contributed by atoms with Crippen LogP contribution < -0.4 is 0 Å². The van der Waals surface area contributed by atoms with Crippen molar-refractivity contribution < 1.29 is 9.90 Å². The van der Waals surface area contributed by atoms with Crippen molar-refractivity contribution in [3.05, 3.63) is 66.9 Å². The fraction of sp³-hybridized carbons (Fsp3) is 0.182. The van der Waals surface area contributed by atoms with Gasteiger partial charge in [-0.05, 0) is 23.6 Å². The van der Waals surface area contributed by atoms with E-state index in [-0.39, 0.29) is 5.91 Å². The molecule has 0 bridgehead atoms. The van der Waals surface area contributed by atoms with Crippen LogP contribution >= 0.6 is 0 Å². The number of hydrogen-bond acceptors (Lipinski definition) is 5. The molecule has 7 nitrogen and oxygen atoms in total. The molecule has 1 fully saturated rings. The van der Waals surface area contributed by atoms with Gasteiger partial charge in [-0.2, -0.15) is 5.10 Å². The van der Waals surface area contributed by atoms with Crippen molar-refractivity contribution in [1.82, 2.24) is 25.1 Å². The van der Waals surface area contributed by atoms with Gasteiger partial charge in [-0.1, -0.05) is 24.3 Å². The summed E-state index contributed by atoms with van der Waals surface area (Å²) in [5.41, 5.74) is 5.27. The number of H-pyrrole nitrogens is 1. The molecule has 1 aliphatic rings. The van der Waals surface area contributed by atoms with Crippen molar-refractivity contribution in [2.75, 3.05) is 13.1 Å². The van der Waals surface area contributed by atoms with Crippen LogP contribution in [0.1, 0.15) is 16.8 Å². The Labute approximate surface area is 167 Å². The summed E-state index contributed by atoms with van der Waals surface area (Å²) in [7, 11) is 0. The van der Waals surface area contributed by atoms with Crippen LogP contribution in [0.25, 0.3) is 33.2 Å². The molecule has 5 rings (SSSR count). The first-order chi connectivity index (χ1) is 14.2. The first-order valence-electron chi connectivity index (χ1n) is 9.50. The van der Waals surface area contributed by atoms with Gasteiger partial charge >= 0.3 is 0 Å². The SMILES string of the molecule is O=C(c1cnc2cncc(-c3ccc(-c4cn[nH]c4)cc3)c2c1)N1CC[C@@H](O)C1. The number of carbonyl (C=O) groups excluding carboxylic acids is 1. The van der Waals surface area contributed by atoms with Gasteiger partial charge in [0.25, 0.3) is 5.91 Å². The molecule has 1 saturated heterocycles. The summed E-state index contributed by atoms with van der Waals surface area (Å²) in [5, 5.41) is 17.4. The largest absolute Gasteiger partial charge is 0.391 e. The number of hydrogen-bond donors (Lipinski definition) is 2. The van der Waals surface area contributed by atoms with Crippen molar-refractivity contribution in [1.29, 1.82) is 0 Å². The highest BCUT2D eigenvalue weighted by atomic mass is 16.3. The van der Waals surface area contributed by atoms with Gasteiger partial charge in [0.15, 0.2) is 0 Å². The standard InChI is InChI=1S/C22H19N5O2/c28-18-5-6-27(13-18)22(29)16-7-19-20(11-23-12-21(19)24-8-16)15-3-1-14(2-4-15)17-9-25-26-10-17/h1-4,7-12,18,28H,5-6,13H2,(H,25,26)/t18-/m1/s1. The lowest BCUT2D eigenvalue weighted by atomic mass is 9.99. The number of β-amino-alcohol motifs (C(OH)–C–C–N with tert-alkyl or cyclic N) is 1. The second-order valence-electron chi connectivity index (χ2n) is 7.24. The van der Waals surface area contributed by atoms with E-state index in [2.05, 4.69) is 20.2 Å². The molecule has 29 heavy (non-hydrogen) atoms. The second kappa shape index (κ2) is 7.10. The maximum Gasteiger partial charge on any atom is 0.255 e. The van der Waals surface area contributed by atoms with E-state index in [9.17, 15) is 9.90 Å². The van der Waals surface area contributed by atoms with E-state index in [1.165, 1.54) is 0 Å². The predicted molar refractivity (Wildman–Crippen MR) is 109 cm³/mol. The number of benzene rings is 1. The number of aromatic nitrogens is 4. The summed E-state index contributed by atoms with van der Waals surface area (Å²) in [5.74, 6) is -0.103. The zero-order valence-corrected chi connectivity index (χ0v) is 15.6. The van der Waals surface area contributed by atoms with Crippen LogP contribution in [0.2, 0.25) is 0 Å². The van der Waals surface area contributed by atoms with Gasteiger partial charge in [-0.15, -0.1) is 0 Å². The monoisotopic (exact) mass is 385 g/mol. The molecular formula is C22H19N5O2. The Bertz CT molecular complexity index is 1170. The molecule has 0 radical (unpaired) electrons. The summed E-state index contributed by atoms with van der Waals surface area (Å²) in [6.07, 6.45) is 8.89. The van der Waals surface area contributed by atoms with Gasteiger partial charge < -0.3 is 10.0 Å². The summed E-state index contributed by atoms with van der Waals surface area (Å²) < 4.78 is 0. The minimum atomic E-state index is -0.444. The minimum Gasteiger partial charge on any atom is -0.391 e. The van der Waals surface area contributed by atoms with E-state index in [0.29, 0.717) is 25.1 Å². The number of nitrogens with zero attached hydrogens (tertiary/aromatic N) is 4. The lowest BCUT2D eigenvalue weighted by Crippen LogP contribution is -2.29. The molecule has 4 heterocycles. The van der Waals surface area contributed by atoms with Crippen LogP contribution in [0.3, 0.4) is 0 Å². The van der Waals surface area contributed by atoms with Crippen molar-refractivity contribution in [3.63, 3.8) is 0 Å². The van der Waals surface area contributed by atoms with Crippen LogP contribution in [0, 0.1) is 0 Å². The lowest BCUT2D eigenvalue weighted by Gasteiger charge is -2.16. The highest BCUT2D eigenvalue weighted by molar-refractivity contribution is 6.01. The Morgan fingerprint density at radius 3 is 2.62 bits per heavy atom. The quantitative estimate of drug-likeness (QED) is 0.565. The zero-order chi connectivity index (χ0) is 19.8. The van der Waals surface area contributed by atoms with Crippen LogP contribution in [0.5, 0.6) is 0 Å². The lowest BCUT2D eigenvalue weighted by molar-refractivity contribution is 0.0765. The Morgan fingerprint density at radius 1 is 1.07 bits per heavy atom. The summed E-state index contributed by atoms with van der Waals surface area (Å²) in [4.78, 5) is 23.3. The number of aliphatic hydroxyl groups excluding tert-OH is 1. The van der Waals surface area contributed by atoms with Crippen molar-refractivity contribution >= 4 is 16.8 Å². The Hall–Kier alpha value is -3.58. The molecule has 1 amide bonds. The number of nitrogens with one attached hydrogen (secondary N) is 1. The highest BCUT2D eigenvalue weighted by Gasteiger charge is 2.25. The molecule has 1 aromatic carbocycles. The summed E-state index contributed by atoms with van der Waals surface area (Å²) >= 11 is 0. The highest BCUT2D eigenvalue weighted by Crippen LogP contribution is 2.30. The first kappa shape index (κ1) is 17.5. The van der Waals surface area contributed by atoms with Crippen molar-refractivity contribution in [3.8, 4) is 22.3 Å². The number of pyridine rings is 2. The maximum atomic E-state index is 12.8. The van der Waals surface area contributed by atoms with E-state index in [4.69, 9.17) is 0 Å². The fourth-order valence-electron chi connectivity index (χ4n) is 3.75. The number of rotatable bonds is 3. The zero-order valence-electron chi connectivity index (χ0n) is 15.6. The number of aliphatic hydroxyl groups is 1. The minimum absolute atomic E-state index is 0.103. The average Bonchev–Trinajstić information content (AvgIpc) is 3.45. The fourth-order valence-corrected chi connectivity index (χ4v) is 3.75. The van der Waals surface area contributed by atoms with E-state index in [0.717, 1.165) is 33.2 Å². The third-order valence-corrected chi connectivity index (χ3v) is 5.33. The average molecular weight is 385 g/mol. The smallest absolute Gasteiger partial charge is 0.255 e. The van der Waals surface area contributed by atoms with Crippen LogP contribution in [-0.4, -0.2) is 55.3 Å². The van der Waals surface area contributed by atoms with Crippen LogP contribution in [0.4, 0.5) is 0 Å². The number of fused-ring (bicyclic) bond motifs is 1. The topological polar surface area (TPSA) is 95.0 Å². The number of carbonyl (C=O) groups is 1.